The first-order valence-electron chi connectivity index (χ1n) is 5.19. The van der Waals surface area contributed by atoms with Crippen molar-refractivity contribution in [3.63, 3.8) is 0 Å². The fourth-order valence-corrected chi connectivity index (χ4v) is 3.27. The second kappa shape index (κ2) is 6.27. The Kier molecular flexibility index (Phi) is 4.90. The number of para-hydroxylation sites is 1. The van der Waals surface area contributed by atoms with Gasteiger partial charge in [0.25, 0.3) is 5.91 Å². The van der Waals surface area contributed by atoms with Gasteiger partial charge < -0.3 is 5.32 Å². The van der Waals surface area contributed by atoms with E-state index < -0.39 is 0 Å². The van der Waals surface area contributed by atoms with Gasteiger partial charge in [0.05, 0.1) is 15.7 Å². The molecule has 0 saturated heterocycles. The first-order chi connectivity index (χ1) is 8.97. The Morgan fingerprint density at radius 1 is 1.00 bits per heavy atom. The average Bonchev–Trinajstić information content (AvgIpc) is 2.32. The van der Waals surface area contributed by atoms with Gasteiger partial charge in [0.15, 0.2) is 0 Å². The topological polar surface area (TPSA) is 29.1 Å². The second-order valence-electron chi connectivity index (χ2n) is 3.71. The fraction of sp³-hybridized carbons (Fsp3) is 0. The van der Waals surface area contributed by atoms with E-state index in [4.69, 9.17) is 23.2 Å². The normalized spacial score (nSPS) is 10.3. The van der Waals surface area contributed by atoms with Gasteiger partial charge in [0.2, 0.25) is 0 Å². The average molecular weight is 424 g/mol. The molecule has 2 rings (SSSR count). The standard InChI is InChI=1S/C13H7Br2Cl2NO/c14-8-4-7(5-9(15)6-8)13(19)18-12-10(16)2-1-3-11(12)17/h1-6H,(H,18,19). The lowest BCUT2D eigenvalue weighted by atomic mass is 10.2. The molecule has 1 amide bonds. The highest BCUT2D eigenvalue weighted by atomic mass is 79.9. The Hall–Kier alpha value is -0.550. The minimum absolute atomic E-state index is 0.281. The molecule has 1 N–H and O–H groups in total. The number of carbonyl (C=O) groups is 1. The molecule has 0 aliphatic heterocycles. The molecule has 98 valence electrons. The maximum absolute atomic E-state index is 12.2. The van der Waals surface area contributed by atoms with Crippen LogP contribution < -0.4 is 5.32 Å². The van der Waals surface area contributed by atoms with Crippen LogP contribution in [0.4, 0.5) is 5.69 Å². The highest BCUT2D eigenvalue weighted by Gasteiger charge is 2.12. The zero-order valence-corrected chi connectivity index (χ0v) is 14.1. The van der Waals surface area contributed by atoms with Gasteiger partial charge in [-0.3, -0.25) is 4.79 Å². The summed E-state index contributed by atoms with van der Waals surface area (Å²) in [5.41, 5.74) is 0.907. The number of benzene rings is 2. The minimum Gasteiger partial charge on any atom is -0.319 e. The molecule has 0 radical (unpaired) electrons. The Bertz CT molecular complexity index is 606. The van der Waals surface area contributed by atoms with Crippen molar-refractivity contribution in [2.45, 2.75) is 0 Å². The molecule has 0 bridgehead atoms. The van der Waals surface area contributed by atoms with Crippen LogP contribution in [0.5, 0.6) is 0 Å². The smallest absolute Gasteiger partial charge is 0.255 e. The van der Waals surface area contributed by atoms with Crippen LogP contribution in [-0.2, 0) is 0 Å². The van der Waals surface area contributed by atoms with Crippen molar-refractivity contribution in [3.05, 3.63) is 61.0 Å². The molecule has 0 unspecified atom stereocenters. The van der Waals surface area contributed by atoms with E-state index in [1.165, 1.54) is 0 Å². The molecule has 0 fully saturated rings. The third kappa shape index (κ3) is 3.72. The number of rotatable bonds is 2. The molecular weight excluding hydrogens is 417 g/mol. The van der Waals surface area contributed by atoms with Crippen molar-refractivity contribution in [2.24, 2.45) is 0 Å². The summed E-state index contributed by atoms with van der Waals surface area (Å²) in [6, 6.07) is 10.3. The highest BCUT2D eigenvalue weighted by molar-refractivity contribution is 9.11. The Balaban J connectivity index is 2.31. The first-order valence-corrected chi connectivity index (χ1v) is 7.53. The monoisotopic (exact) mass is 421 g/mol. The molecule has 2 nitrogen and oxygen atoms in total. The number of carbonyl (C=O) groups excluding carboxylic acids is 1. The molecule has 0 aliphatic carbocycles. The van der Waals surface area contributed by atoms with Gasteiger partial charge in [0.1, 0.15) is 0 Å². The molecule has 2 aromatic carbocycles. The summed E-state index contributed by atoms with van der Waals surface area (Å²) in [4.78, 5) is 12.2. The molecule has 0 saturated carbocycles. The van der Waals surface area contributed by atoms with Crippen LogP contribution in [0.15, 0.2) is 45.3 Å². The van der Waals surface area contributed by atoms with E-state index in [1.807, 2.05) is 6.07 Å². The van der Waals surface area contributed by atoms with Crippen LogP contribution in [0.1, 0.15) is 10.4 Å². The number of hydrogen-bond acceptors (Lipinski definition) is 1. The predicted octanol–water partition coefficient (Wildman–Crippen LogP) is 5.77. The zero-order valence-electron chi connectivity index (χ0n) is 9.38. The van der Waals surface area contributed by atoms with Gasteiger partial charge in [0, 0.05) is 14.5 Å². The largest absolute Gasteiger partial charge is 0.319 e. The van der Waals surface area contributed by atoms with Crippen LogP contribution in [0.25, 0.3) is 0 Å². The number of hydrogen-bond donors (Lipinski definition) is 1. The molecular formula is C13H7Br2Cl2NO. The summed E-state index contributed by atoms with van der Waals surface area (Å²) in [5.74, 6) is -0.281. The van der Waals surface area contributed by atoms with E-state index in [0.29, 0.717) is 21.3 Å². The van der Waals surface area contributed by atoms with Crippen LogP contribution in [0.2, 0.25) is 10.0 Å². The van der Waals surface area contributed by atoms with Crippen molar-refractivity contribution >= 4 is 66.7 Å². The van der Waals surface area contributed by atoms with Crippen molar-refractivity contribution in [2.75, 3.05) is 5.32 Å². The molecule has 19 heavy (non-hydrogen) atoms. The molecule has 6 heteroatoms. The molecule has 2 aromatic rings. The summed E-state index contributed by atoms with van der Waals surface area (Å²) in [7, 11) is 0. The van der Waals surface area contributed by atoms with Gasteiger partial charge in [-0.2, -0.15) is 0 Å². The van der Waals surface area contributed by atoms with E-state index in [9.17, 15) is 4.79 Å². The maximum Gasteiger partial charge on any atom is 0.255 e. The second-order valence-corrected chi connectivity index (χ2v) is 6.35. The Morgan fingerprint density at radius 3 is 2.05 bits per heavy atom. The quantitative estimate of drug-likeness (QED) is 0.652. The summed E-state index contributed by atoms with van der Waals surface area (Å²) in [6.07, 6.45) is 0. The summed E-state index contributed by atoms with van der Waals surface area (Å²) in [6.45, 7) is 0. The third-order valence-corrected chi connectivity index (χ3v) is 3.87. The number of amides is 1. The number of halogens is 4. The van der Waals surface area contributed by atoms with Crippen LogP contribution in [-0.4, -0.2) is 5.91 Å². The van der Waals surface area contributed by atoms with Crippen LogP contribution in [0, 0.1) is 0 Å². The van der Waals surface area contributed by atoms with Crippen molar-refractivity contribution < 1.29 is 4.79 Å². The third-order valence-electron chi connectivity index (χ3n) is 2.33. The first kappa shape index (κ1) is 14.9. The van der Waals surface area contributed by atoms with Gasteiger partial charge >= 0.3 is 0 Å². The molecule has 0 heterocycles. The van der Waals surface area contributed by atoms with E-state index >= 15 is 0 Å². The predicted molar refractivity (Wildman–Crippen MR) is 86.3 cm³/mol. The lowest BCUT2D eigenvalue weighted by Crippen LogP contribution is -2.12. The summed E-state index contributed by atoms with van der Waals surface area (Å²) in [5, 5.41) is 3.50. The van der Waals surface area contributed by atoms with Gasteiger partial charge in [-0.15, -0.1) is 0 Å². The van der Waals surface area contributed by atoms with Gasteiger partial charge in [-0.1, -0.05) is 61.1 Å². The molecule has 0 spiro atoms. The maximum atomic E-state index is 12.2. The zero-order chi connectivity index (χ0) is 14.0. The summed E-state index contributed by atoms with van der Waals surface area (Å²) < 4.78 is 1.61. The highest BCUT2D eigenvalue weighted by Crippen LogP contribution is 2.30. The Morgan fingerprint density at radius 2 is 1.53 bits per heavy atom. The lowest BCUT2D eigenvalue weighted by molar-refractivity contribution is 0.102. The van der Waals surface area contributed by atoms with E-state index in [2.05, 4.69) is 37.2 Å². The number of anilines is 1. The SMILES string of the molecule is O=C(Nc1c(Cl)cccc1Cl)c1cc(Br)cc(Br)c1. The Labute approximate surface area is 137 Å². The van der Waals surface area contributed by atoms with Gasteiger partial charge in [-0.05, 0) is 30.3 Å². The number of nitrogens with one attached hydrogen (secondary N) is 1. The van der Waals surface area contributed by atoms with Crippen molar-refractivity contribution in [1.29, 1.82) is 0 Å². The molecule has 0 atom stereocenters. The van der Waals surface area contributed by atoms with Crippen molar-refractivity contribution in [1.82, 2.24) is 0 Å². The fourth-order valence-electron chi connectivity index (χ4n) is 1.49. The van der Waals surface area contributed by atoms with E-state index in [1.54, 1.807) is 30.3 Å². The lowest BCUT2D eigenvalue weighted by Gasteiger charge is -2.09. The van der Waals surface area contributed by atoms with Crippen LogP contribution >= 0.6 is 55.1 Å². The van der Waals surface area contributed by atoms with Crippen LogP contribution in [0.3, 0.4) is 0 Å². The van der Waals surface area contributed by atoms with E-state index in [-0.39, 0.29) is 5.91 Å². The summed E-state index contributed by atoms with van der Waals surface area (Å²) >= 11 is 18.7. The van der Waals surface area contributed by atoms with Crippen molar-refractivity contribution in [3.8, 4) is 0 Å². The molecule has 0 aliphatic rings. The van der Waals surface area contributed by atoms with Gasteiger partial charge in [-0.25, -0.2) is 0 Å². The molecule has 0 aromatic heterocycles. The minimum atomic E-state index is -0.281. The van der Waals surface area contributed by atoms with E-state index in [0.717, 1.165) is 8.95 Å².